The Hall–Kier alpha value is -0.385. The van der Waals surface area contributed by atoms with Crippen LogP contribution in [0.15, 0.2) is 11.3 Å². The Labute approximate surface area is 116 Å². The molecule has 0 spiro atoms. The molecule has 1 aliphatic heterocycles. The van der Waals surface area contributed by atoms with Crippen molar-refractivity contribution in [1.82, 2.24) is 4.90 Å². The number of halogens is 1. The fraction of sp³-hybridized carbons (Fsp3) is 0.857. The van der Waals surface area contributed by atoms with Crippen molar-refractivity contribution >= 4 is 7.12 Å². The highest BCUT2D eigenvalue weighted by Gasteiger charge is 2.54. The van der Waals surface area contributed by atoms with E-state index in [4.69, 9.17) is 9.31 Å². The van der Waals surface area contributed by atoms with E-state index < -0.39 is 18.3 Å². The summed E-state index contributed by atoms with van der Waals surface area (Å²) in [6, 6.07) is 0. The van der Waals surface area contributed by atoms with Crippen molar-refractivity contribution in [2.45, 2.75) is 51.7 Å². The Morgan fingerprint density at radius 2 is 1.68 bits per heavy atom. The summed E-state index contributed by atoms with van der Waals surface area (Å²) in [4.78, 5) is 2.15. The molecular weight excluding hydrogens is 244 g/mol. The van der Waals surface area contributed by atoms with E-state index in [1.807, 2.05) is 41.8 Å². The van der Waals surface area contributed by atoms with Gasteiger partial charge in [-0.3, -0.25) is 0 Å². The van der Waals surface area contributed by atoms with Gasteiger partial charge in [-0.05, 0) is 66.1 Å². The molecule has 0 aromatic heterocycles. The molecular formula is C14H25BFNO2. The van der Waals surface area contributed by atoms with Gasteiger partial charge in [-0.15, -0.1) is 0 Å². The first kappa shape index (κ1) is 15.0. The standard InChI is InChI=1S/C14H25BFNO2/c1-13(2)14(3,4)19-15(18-13)12(16)11-7-10(8-11)9-17(5)6/h10H,7-9H2,1-6H3. The monoisotopic (exact) mass is 269 g/mol. The van der Waals surface area contributed by atoms with Crippen molar-refractivity contribution in [3.8, 4) is 0 Å². The second kappa shape index (κ2) is 4.87. The molecule has 1 aliphatic carbocycles. The largest absolute Gasteiger partial charge is 0.525 e. The highest BCUT2D eigenvalue weighted by atomic mass is 19.1. The van der Waals surface area contributed by atoms with Gasteiger partial charge in [0, 0.05) is 6.54 Å². The van der Waals surface area contributed by atoms with E-state index in [-0.39, 0.29) is 5.73 Å². The maximum atomic E-state index is 14.4. The Morgan fingerprint density at radius 1 is 1.21 bits per heavy atom. The second-order valence-electron chi connectivity index (χ2n) is 7.08. The Bertz CT molecular complexity index is 369. The molecule has 1 saturated heterocycles. The molecule has 1 saturated carbocycles. The van der Waals surface area contributed by atoms with Gasteiger partial charge in [-0.2, -0.15) is 0 Å². The molecule has 0 aromatic carbocycles. The van der Waals surface area contributed by atoms with Gasteiger partial charge in [0.15, 0.2) is 0 Å². The predicted molar refractivity (Wildman–Crippen MR) is 75.5 cm³/mol. The third-order valence-electron chi connectivity index (χ3n) is 4.49. The summed E-state index contributed by atoms with van der Waals surface area (Å²) in [5, 5.41) is 0. The van der Waals surface area contributed by atoms with Crippen LogP contribution >= 0.6 is 0 Å². The summed E-state index contributed by atoms with van der Waals surface area (Å²) in [6.07, 6.45) is 1.65. The zero-order valence-corrected chi connectivity index (χ0v) is 12.9. The number of hydrogen-bond acceptors (Lipinski definition) is 3. The zero-order valence-electron chi connectivity index (χ0n) is 12.9. The number of hydrogen-bond donors (Lipinski definition) is 0. The maximum absolute atomic E-state index is 14.4. The van der Waals surface area contributed by atoms with Crippen LogP contribution in [0.25, 0.3) is 0 Å². The summed E-state index contributed by atoms with van der Waals surface area (Å²) in [5.74, 6) is 0.568. The summed E-state index contributed by atoms with van der Waals surface area (Å²) >= 11 is 0. The van der Waals surface area contributed by atoms with Crippen LogP contribution in [0.2, 0.25) is 0 Å². The molecule has 0 atom stereocenters. The minimum atomic E-state index is -0.819. The van der Waals surface area contributed by atoms with Crippen molar-refractivity contribution < 1.29 is 13.7 Å². The van der Waals surface area contributed by atoms with Gasteiger partial charge in [0.25, 0.3) is 0 Å². The van der Waals surface area contributed by atoms with E-state index in [0.29, 0.717) is 5.92 Å². The highest BCUT2D eigenvalue weighted by Crippen LogP contribution is 2.43. The number of allylic oxidation sites excluding steroid dienone is 1. The molecule has 1 heterocycles. The van der Waals surface area contributed by atoms with E-state index in [2.05, 4.69) is 4.90 Å². The van der Waals surface area contributed by atoms with Gasteiger partial charge in [0.05, 0.1) is 11.2 Å². The lowest BCUT2D eigenvalue weighted by atomic mass is 9.72. The van der Waals surface area contributed by atoms with E-state index in [1.54, 1.807) is 0 Å². The van der Waals surface area contributed by atoms with Gasteiger partial charge in [0.1, 0.15) is 5.73 Å². The molecule has 2 fully saturated rings. The summed E-state index contributed by atoms with van der Waals surface area (Å²) in [5.41, 5.74) is -0.274. The van der Waals surface area contributed by atoms with Crippen molar-refractivity contribution in [3.05, 3.63) is 11.3 Å². The van der Waals surface area contributed by atoms with Gasteiger partial charge in [-0.1, -0.05) is 0 Å². The molecule has 0 amide bonds. The van der Waals surface area contributed by atoms with Crippen molar-refractivity contribution in [3.63, 3.8) is 0 Å². The normalized spacial score (nSPS) is 28.7. The Balaban J connectivity index is 1.98. The topological polar surface area (TPSA) is 21.7 Å². The molecule has 5 heteroatoms. The minimum absolute atomic E-state index is 0.200. The van der Waals surface area contributed by atoms with Crippen LogP contribution in [0.4, 0.5) is 4.39 Å². The van der Waals surface area contributed by atoms with E-state index in [1.165, 1.54) is 0 Å². The quantitative estimate of drug-likeness (QED) is 0.735. The molecule has 0 bridgehead atoms. The van der Waals surface area contributed by atoms with Gasteiger partial charge in [0.2, 0.25) is 0 Å². The first-order valence-corrected chi connectivity index (χ1v) is 7.00. The third-order valence-corrected chi connectivity index (χ3v) is 4.49. The van der Waals surface area contributed by atoms with Crippen LogP contribution in [0, 0.1) is 5.92 Å². The van der Waals surface area contributed by atoms with Crippen molar-refractivity contribution in [2.75, 3.05) is 20.6 Å². The average Bonchev–Trinajstić information content (AvgIpc) is 2.40. The highest BCUT2D eigenvalue weighted by molar-refractivity contribution is 6.53. The van der Waals surface area contributed by atoms with Crippen LogP contribution < -0.4 is 0 Å². The average molecular weight is 269 g/mol. The lowest BCUT2D eigenvalue weighted by molar-refractivity contribution is 0.00578. The molecule has 19 heavy (non-hydrogen) atoms. The maximum Gasteiger partial charge on any atom is 0.525 e. The van der Waals surface area contributed by atoms with E-state index in [9.17, 15) is 4.39 Å². The molecule has 3 nitrogen and oxygen atoms in total. The first-order valence-electron chi connectivity index (χ1n) is 7.00. The van der Waals surface area contributed by atoms with Crippen molar-refractivity contribution in [1.29, 1.82) is 0 Å². The summed E-state index contributed by atoms with van der Waals surface area (Å²) < 4.78 is 25.8. The summed E-state index contributed by atoms with van der Waals surface area (Å²) in [7, 11) is 3.28. The Morgan fingerprint density at radius 3 is 2.11 bits per heavy atom. The molecule has 0 radical (unpaired) electrons. The zero-order chi connectivity index (χ0) is 14.4. The van der Waals surface area contributed by atoms with Crippen LogP contribution in [0.1, 0.15) is 40.5 Å². The van der Waals surface area contributed by atoms with Crippen LogP contribution in [0.3, 0.4) is 0 Å². The predicted octanol–water partition coefficient (Wildman–Crippen LogP) is 2.81. The van der Waals surface area contributed by atoms with E-state index >= 15 is 0 Å². The molecule has 0 N–H and O–H groups in total. The lowest BCUT2D eigenvalue weighted by Gasteiger charge is -2.32. The third kappa shape index (κ3) is 2.88. The second-order valence-corrected chi connectivity index (χ2v) is 7.08. The van der Waals surface area contributed by atoms with Crippen LogP contribution in [-0.2, 0) is 9.31 Å². The van der Waals surface area contributed by atoms with Gasteiger partial charge >= 0.3 is 7.12 Å². The number of nitrogens with zero attached hydrogens (tertiary/aromatic N) is 1. The Kier molecular flexibility index (Phi) is 3.84. The first-order chi connectivity index (χ1) is 8.62. The van der Waals surface area contributed by atoms with E-state index in [0.717, 1.165) is 25.0 Å². The molecule has 2 rings (SSSR count). The molecule has 0 aromatic rings. The summed E-state index contributed by atoms with van der Waals surface area (Å²) in [6.45, 7) is 8.79. The van der Waals surface area contributed by atoms with Crippen LogP contribution in [-0.4, -0.2) is 43.9 Å². The van der Waals surface area contributed by atoms with Crippen molar-refractivity contribution in [2.24, 2.45) is 5.92 Å². The SMILES string of the molecule is CN(C)CC1CC(=C(F)B2OC(C)(C)C(C)(C)O2)C1. The fourth-order valence-corrected chi connectivity index (χ4v) is 2.59. The number of rotatable bonds is 3. The van der Waals surface area contributed by atoms with Gasteiger partial charge < -0.3 is 14.2 Å². The lowest BCUT2D eigenvalue weighted by Crippen LogP contribution is -2.41. The molecule has 108 valence electrons. The van der Waals surface area contributed by atoms with Crippen LogP contribution in [0.5, 0.6) is 0 Å². The van der Waals surface area contributed by atoms with Gasteiger partial charge in [-0.25, -0.2) is 4.39 Å². The molecule has 2 aliphatic rings. The minimum Gasteiger partial charge on any atom is -0.398 e. The molecule has 0 unspecified atom stereocenters. The smallest absolute Gasteiger partial charge is 0.398 e. The fourth-order valence-electron chi connectivity index (χ4n) is 2.59.